The van der Waals surface area contributed by atoms with Crippen molar-refractivity contribution in [2.45, 2.75) is 39.7 Å². The van der Waals surface area contributed by atoms with Gasteiger partial charge in [0.15, 0.2) is 0 Å². The Hall–Kier alpha value is -1.93. The largest absolute Gasteiger partial charge is 0.377 e. The van der Waals surface area contributed by atoms with Gasteiger partial charge in [-0.05, 0) is 51.7 Å². The highest BCUT2D eigenvalue weighted by Gasteiger charge is 2.35. The van der Waals surface area contributed by atoms with Crippen LogP contribution in [0.2, 0.25) is 0 Å². The van der Waals surface area contributed by atoms with Gasteiger partial charge in [0, 0.05) is 6.61 Å². The van der Waals surface area contributed by atoms with Crippen LogP contribution in [0, 0.1) is 25.6 Å². The molecule has 3 rings (SSSR count). The smallest absolute Gasteiger partial charge is 0.235 e. The quantitative estimate of drug-likeness (QED) is 0.762. The lowest BCUT2D eigenvalue weighted by molar-refractivity contribution is 0.0632. The number of ether oxygens (including phenoxy) is 1. The molecule has 0 aliphatic heterocycles. The normalized spacial score (nSPS) is 15.8. The van der Waals surface area contributed by atoms with Crippen LogP contribution in [0.25, 0.3) is 5.69 Å². The van der Waals surface area contributed by atoms with Crippen molar-refractivity contribution in [3.63, 3.8) is 0 Å². The molecule has 6 nitrogen and oxygen atoms in total. The minimum absolute atomic E-state index is 0.0880. The second-order valence-corrected chi connectivity index (χ2v) is 8.39. The van der Waals surface area contributed by atoms with Crippen molar-refractivity contribution in [3.8, 4) is 5.69 Å². The number of sulfonamides is 1. The molecule has 1 aromatic heterocycles. The lowest BCUT2D eigenvalue weighted by atomic mass is 10.3. The van der Waals surface area contributed by atoms with Gasteiger partial charge in [-0.25, -0.2) is 17.5 Å². The van der Waals surface area contributed by atoms with E-state index in [9.17, 15) is 12.8 Å². The summed E-state index contributed by atoms with van der Waals surface area (Å²) in [5, 5.41) is 4.31. The van der Waals surface area contributed by atoms with Crippen molar-refractivity contribution in [3.05, 3.63) is 41.5 Å². The number of anilines is 1. The molecule has 8 heteroatoms. The Morgan fingerprint density at radius 2 is 2.04 bits per heavy atom. The van der Waals surface area contributed by atoms with Gasteiger partial charge in [-0.15, -0.1) is 0 Å². The van der Waals surface area contributed by atoms with Gasteiger partial charge in [-0.2, -0.15) is 5.10 Å². The van der Waals surface area contributed by atoms with E-state index in [1.807, 2.05) is 6.92 Å². The number of aromatic nitrogens is 2. The van der Waals surface area contributed by atoms with E-state index in [2.05, 4.69) is 9.82 Å². The molecule has 26 heavy (non-hydrogen) atoms. The highest BCUT2D eigenvalue weighted by Crippen LogP contribution is 2.35. The van der Waals surface area contributed by atoms with Gasteiger partial charge in [0.25, 0.3) is 0 Å². The molecule has 1 saturated carbocycles. The van der Waals surface area contributed by atoms with Crippen molar-refractivity contribution in [2.75, 3.05) is 17.1 Å². The Morgan fingerprint density at radius 1 is 1.35 bits per heavy atom. The molecule has 1 aromatic carbocycles. The number of halogens is 1. The van der Waals surface area contributed by atoms with Crippen LogP contribution in [-0.2, 0) is 14.8 Å². The van der Waals surface area contributed by atoms with Crippen LogP contribution in [0.1, 0.15) is 31.2 Å². The molecule has 142 valence electrons. The van der Waals surface area contributed by atoms with Crippen LogP contribution in [0.4, 0.5) is 10.1 Å². The number of nitrogens with zero attached hydrogens (tertiary/aromatic N) is 2. The lowest BCUT2D eigenvalue weighted by Crippen LogP contribution is -2.30. The Bertz CT molecular complexity index is 891. The first-order chi connectivity index (χ1) is 12.3. The molecule has 0 saturated heterocycles. The van der Waals surface area contributed by atoms with Gasteiger partial charge in [0.2, 0.25) is 10.0 Å². The molecule has 0 radical (unpaired) electrons. The van der Waals surface area contributed by atoms with E-state index >= 15 is 0 Å². The van der Waals surface area contributed by atoms with Crippen molar-refractivity contribution >= 4 is 15.7 Å². The summed E-state index contributed by atoms with van der Waals surface area (Å²) in [7, 11) is -3.61. The van der Waals surface area contributed by atoms with E-state index in [1.54, 1.807) is 32.0 Å². The van der Waals surface area contributed by atoms with E-state index in [0.29, 0.717) is 29.6 Å². The van der Waals surface area contributed by atoms with Gasteiger partial charge in [-0.1, -0.05) is 12.1 Å². The van der Waals surface area contributed by atoms with Crippen molar-refractivity contribution in [1.82, 2.24) is 9.78 Å². The average Bonchev–Trinajstić information content (AvgIpc) is 3.38. The molecule has 1 aliphatic rings. The van der Waals surface area contributed by atoms with Crippen LogP contribution < -0.4 is 4.72 Å². The maximum atomic E-state index is 14.1. The monoisotopic (exact) mass is 381 g/mol. The summed E-state index contributed by atoms with van der Waals surface area (Å²) in [5.41, 5.74) is 1.70. The topological polar surface area (TPSA) is 73.2 Å². The molecule has 1 unspecified atom stereocenters. The summed E-state index contributed by atoms with van der Waals surface area (Å²) < 4.78 is 49.0. The molecule has 0 spiro atoms. The Kier molecular flexibility index (Phi) is 5.34. The fourth-order valence-electron chi connectivity index (χ4n) is 3.06. The average molecular weight is 381 g/mol. The van der Waals surface area contributed by atoms with Gasteiger partial charge in [0.1, 0.15) is 11.5 Å². The molecular weight excluding hydrogens is 357 g/mol. The molecule has 1 aliphatic carbocycles. The van der Waals surface area contributed by atoms with E-state index in [-0.39, 0.29) is 17.5 Å². The zero-order valence-electron chi connectivity index (χ0n) is 15.2. The summed E-state index contributed by atoms with van der Waals surface area (Å²) in [6.07, 6.45) is 1.71. The highest BCUT2D eigenvalue weighted by atomic mass is 32.2. The summed E-state index contributed by atoms with van der Waals surface area (Å²) >= 11 is 0. The van der Waals surface area contributed by atoms with Gasteiger partial charge in [0.05, 0.1) is 28.9 Å². The van der Waals surface area contributed by atoms with Crippen molar-refractivity contribution in [2.24, 2.45) is 5.92 Å². The Morgan fingerprint density at radius 3 is 2.65 bits per heavy atom. The van der Waals surface area contributed by atoms with Gasteiger partial charge >= 0.3 is 0 Å². The molecule has 1 heterocycles. The van der Waals surface area contributed by atoms with Crippen molar-refractivity contribution in [1.29, 1.82) is 0 Å². The number of hydrogen-bond donors (Lipinski definition) is 1. The number of aryl methyl sites for hydroxylation is 1. The third-order valence-corrected chi connectivity index (χ3v) is 5.82. The fourth-order valence-corrected chi connectivity index (χ4v) is 4.55. The summed E-state index contributed by atoms with van der Waals surface area (Å²) in [4.78, 5) is 0. The number of para-hydroxylation sites is 1. The zero-order valence-corrected chi connectivity index (χ0v) is 16.0. The number of nitrogens with one attached hydrogen (secondary N) is 1. The third-order valence-electron chi connectivity index (χ3n) is 4.54. The second-order valence-electron chi connectivity index (χ2n) is 6.62. The molecule has 1 N–H and O–H groups in total. The summed E-state index contributed by atoms with van der Waals surface area (Å²) in [6, 6.07) is 6.25. The maximum absolute atomic E-state index is 14.1. The van der Waals surface area contributed by atoms with Crippen LogP contribution in [0.5, 0.6) is 0 Å². The van der Waals surface area contributed by atoms with Crippen LogP contribution in [-0.4, -0.2) is 36.7 Å². The molecular formula is C18H24FN3O3S. The number of benzene rings is 1. The van der Waals surface area contributed by atoms with Gasteiger partial charge in [-0.3, -0.25) is 4.72 Å². The molecule has 1 fully saturated rings. The molecule has 2 aromatic rings. The van der Waals surface area contributed by atoms with E-state index < -0.39 is 15.8 Å². The number of rotatable bonds is 8. The standard InChI is InChI=1S/C18H24FN3O3S/c1-4-25-17(14-9-10-14)11-26(23,24)21-18-12(2)20-22(13(18)3)16-8-6-5-7-15(16)19/h5-8,14,17,21H,4,9-11H2,1-3H3. The molecule has 0 bridgehead atoms. The Balaban J connectivity index is 1.84. The van der Waals surface area contributed by atoms with Gasteiger partial charge < -0.3 is 4.74 Å². The number of hydrogen-bond acceptors (Lipinski definition) is 4. The summed E-state index contributed by atoms with van der Waals surface area (Å²) in [5.74, 6) is -0.192. The first-order valence-corrected chi connectivity index (χ1v) is 10.4. The molecule has 1 atom stereocenters. The first-order valence-electron chi connectivity index (χ1n) is 8.75. The maximum Gasteiger partial charge on any atom is 0.235 e. The predicted octanol–water partition coefficient (Wildman–Crippen LogP) is 3.19. The highest BCUT2D eigenvalue weighted by molar-refractivity contribution is 7.92. The SMILES string of the molecule is CCOC(CS(=O)(=O)Nc1c(C)nn(-c2ccccc2F)c1C)C1CC1. The minimum Gasteiger partial charge on any atom is -0.377 e. The van der Waals surface area contributed by atoms with Crippen molar-refractivity contribution < 1.29 is 17.5 Å². The fraction of sp³-hybridized carbons (Fsp3) is 0.500. The van der Waals surface area contributed by atoms with E-state index in [4.69, 9.17) is 4.74 Å². The molecule has 0 amide bonds. The lowest BCUT2D eigenvalue weighted by Gasteiger charge is -2.17. The van der Waals surface area contributed by atoms with E-state index in [0.717, 1.165) is 12.8 Å². The van der Waals surface area contributed by atoms with E-state index in [1.165, 1.54) is 10.7 Å². The Labute approximate surface area is 153 Å². The zero-order chi connectivity index (χ0) is 18.9. The second kappa shape index (κ2) is 7.36. The summed E-state index contributed by atoms with van der Waals surface area (Å²) in [6.45, 7) is 5.76. The van der Waals surface area contributed by atoms with Crippen LogP contribution >= 0.6 is 0 Å². The minimum atomic E-state index is -3.61. The first kappa shape index (κ1) is 18.8. The third kappa shape index (κ3) is 4.07. The van der Waals surface area contributed by atoms with Crippen LogP contribution in [0.3, 0.4) is 0 Å². The predicted molar refractivity (Wildman–Crippen MR) is 98.5 cm³/mol. The van der Waals surface area contributed by atoms with Crippen LogP contribution in [0.15, 0.2) is 24.3 Å².